The molecule has 0 saturated heterocycles. The summed E-state index contributed by atoms with van der Waals surface area (Å²) in [5.41, 5.74) is 1.43. The Morgan fingerprint density at radius 1 is 1.35 bits per heavy atom. The van der Waals surface area contributed by atoms with E-state index in [1.165, 1.54) is 37.7 Å². The summed E-state index contributed by atoms with van der Waals surface area (Å²) < 4.78 is 0. The van der Waals surface area contributed by atoms with Crippen LogP contribution in [0, 0.1) is 5.92 Å². The molecule has 0 amide bonds. The Morgan fingerprint density at radius 2 is 2.12 bits per heavy atom. The highest BCUT2D eigenvalue weighted by Gasteiger charge is 2.25. The minimum Gasteiger partial charge on any atom is -0.320 e. The molecule has 2 rings (SSSR count). The zero-order chi connectivity index (χ0) is 12.1. The van der Waals surface area contributed by atoms with Crippen molar-refractivity contribution in [3.63, 3.8) is 0 Å². The van der Waals surface area contributed by atoms with Crippen molar-refractivity contribution in [2.24, 2.45) is 5.92 Å². The van der Waals surface area contributed by atoms with E-state index in [1.54, 1.807) is 0 Å². The van der Waals surface area contributed by atoms with E-state index < -0.39 is 0 Å². The largest absolute Gasteiger partial charge is 0.320 e. The highest BCUT2D eigenvalue weighted by atomic mass is 35.5. The molecule has 1 aliphatic rings. The van der Waals surface area contributed by atoms with E-state index in [4.69, 9.17) is 11.6 Å². The first-order chi connectivity index (χ1) is 8.31. The summed E-state index contributed by atoms with van der Waals surface area (Å²) in [5.74, 6) is 1.55. The zero-order valence-electron chi connectivity index (χ0n) is 10.6. The molecule has 1 nitrogen and oxygen atoms in total. The van der Waals surface area contributed by atoms with Gasteiger partial charge in [0.15, 0.2) is 0 Å². The fourth-order valence-corrected chi connectivity index (χ4v) is 3.27. The summed E-state index contributed by atoms with van der Waals surface area (Å²) >= 11 is 6.11. The van der Waals surface area contributed by atoms with Crippen LogP contribution < -0.4 is 5.32 Å². The molecule has 1 unspecified atom stereocenters. The second-order valence-corrected chi connectivity index (χ2v) is 5.53. The molecule has 1 N–H and O–H groups in total. The predicted molar refractivity (Wildman–Crippen MR) is 74.7 cm³/mol. The Morgan fingerprint density at radius 3 is 2.76 bits per heavy atom. The van der Waals surface area contributed by atoms with Crippen LogP contribution in [0.25, 0.3) is 0 Å². The maximum Gasteiger partial charge on any atom is 0.0408 e. The molecule has 1 aromatic rings. The average Bonchev–Trinajstić information content (AvgIpc) is 2.83. The molecule has 0 radical (unpaired) electrons. The van der Waals surface area contributed by atoms with Gasteiger partial charge in [0.1, 0.15) is 0 Å². The SMILES string of the molecule is CNCCC(c1cccc(Cl)c1)C1CCCC1. The van der Waals surface area contributed by atoms with Crippen LogP contribution in [0.15, 0.2) is 24.3 Å². The minimum absolute atomic E-state index is 0.684. The van der Waals surface area contributed by atoms with Crippen molar-refractivity contribution in [3.05, 3.63) is 34.9 Å². The fraction of sp³-hybridized carbons (Fsp3) is 0.600. The van der Waals surface area contributed by atoms with Gasteiger partial charge in [0, 0.05) is 5.02 Å². The summed E-state index contributed by atoms with van der Waals surface area (Å²) in [6, 6.07) is 8.44. The van der Waals surface area contributed by atoms with E-state index >= 15 is 0 Å². The number of hydrogen-bond acceptors (Lipinski definition) is 1. The number of rotatable bonds is 5. The van der Waals surface area contributed by atoms with Crippen molar-refractivity contribution >= 4 is 11.6 Å². The molecular formula is C15H22ClN. The fourth-order valence-electron chi connectivity index (χ4n) is 3.07. The highest BCUT2D eigenvalue weighted by Crippen LogP contribution is 2.39. The van der Waals surface area contributed by atoms with E-state index in [2.05, 4.69) is 23.5 Å². The average molecular weight is 252 g/mol. The van der Waals surface area contributed by atoms with Crippen LogP contribution >= 0.6 is 11.6 Å². The predicted octanol–water partition coefficient (Wildman–Crippen LogP) is 4.22. The number of hydrogen-bond donors (Lipinski definition) is 1. The third kappa shape index (κ3) is 3.46. The summed E-state index contributed by atoms with van der Waals surface area (Å²) in [5, 5.41) is 4.14. The summed E-state index contributed by atoms with van der Waals surface area (Å²) in [6.45, 7) is 1.09. The van der Waals surface area contributed by atoms with Crippen LogP contribution in [-0.2, 0) is 0 Å². The maximum atomic E-state index is 6.11. The Kier molecular flexibility index (Phi) is 4.87. The lowest BCUT2D eigenvalue weighted by Gasteiger charge is -2.24. The normalized spacial score (nSPS) is 18.5. The van der Waals surface area contributed by atoms with Gasteiger partial charge in [0.25, 0.3) is 0 Å². The van der Waals surface area contributed by atoms with Gasteiger partial charge >= 0.3 is 0 Å². The van der Waals surface area contributed by atoms with Crippen molar-refractivity contribution in [2.75, 3.05) is 13.6 Å². The van der Waals surface area contributed by atoms with Crippen LogP contribution in [0.3, 0.4) is 0 Å². The minimum atomic E-state index is 0.684. The van der Waals surface area contributed by atoms with Gasteiger partial charge in [0.2, 0.25) is 0 Å². The molecular weight excluding hydrogens is 230 g/mol. The van der Waals surface area contributed by atoms with Gasteiger partial charge in [-0.1, -0.05) is 36.6 Å². The summed E-state index contributed by atoms with van der Waals surface area (Å²) in [7, 11) is 2.03. The molecule has 0 aliphatic heterocycles. The number of nitrogens with one attached hydrogen (secondary N) is 1. The first kappa shape index (κ1) is 12.9. The molecule has 1 atom stereocenters. The lowest BCUT2D eigenvalue weighted by atomic mass is 9.82. The van der Waals surface area contributed by atoms with Gasteiger partial charge in [-0.2, -0.15) is 0 Å². The van der Waals surface area contributed by atoms with Crippen molar-refractivity contribution in [3.8, 4) is 0 Å². The van der Waals surface area contributed by atoms with Gasteiger partial charge in [-0.25, -0.2) is 0 Å². The molecule has 1 aliphatic carbocycles. The second-order valence-electron chi connectivity index (χ2n) is 5.10. The van der Waals surface area contributed by atoms with Crippen LogP contribution in [-0.4, -0.2) is 13.6 Å². The second kappa shape index (κ2) is 6.42. The van der Waals surface area contributed by atoms with Gasteiger partial charge in [0.05, 0.1) is 0 Å². The zero-order valence-corrected chi connectivity index (χ0v) is 11.3. The lowest BCUT2D eigenvalue weighted by Crippen LogP contribution is -2.17. The lowest BCUT2D eigenvalue weighted by molar-refractivity contribution is 0.408. The Hall–Kier alpha value is -0.530. The number of benzene rings is 1. The first-order valence-corrected chi connectivity index (χ1v) is 7.09. The van der Waals surface area contributed by atoms with Crippen molar-refractivity contribution in [1.82, 2.24) is 5.32 Å². The molecule has 1 fully saturated rings. The maximum absolute atomic E-state index is 6.11. The quantitative estimate of drug-likeness (QED) is 0.826. The van der Waals surface area contributed by atoms with Crippen molar-refractivity contribution in [1.29, 1.82) is 0 Å². The van der Waals surface area contributed by atoms with Gasteiger partial charge in [-0.15, -0.1) is 0 Å². The molecule has 0 heterocycles. The molecule has 17 heavy (non-hydrogen) atoms. The topological polar surface area (TPSA) is 12.0 Å². The van der Waals surface area contributed by atoms with Crippen LogP contribution in [0.4, 0.5) is 0 Å². The standard InChI is InChI=1S/C15H22ClN/c1-17-10-9-15(12-5-2-3-6-12)13-7-4-8-14(16)11-13/h4,7-8,11-12,15,17H,2-3,5-6,9-10H2,1H3. The van der Waals surface area contributed by atoms with Gasteiger partial charge < -0.3 is 5.32 Å². The van der Waals surface area contributed by atoms with E-state index in [-0.39, 0.29) is 0 Å². The van der Waals surface area contributed by atoms with Gasteiger partial charge in [-0.3, -0.25) is 0 Å². The Balaban J connectivity index is 2.13. The monoisotopic (exact) mass is 251 g/mol. The molecule has 0 spiro atoms. The van der Waals surface area contributed by atoms with Crippen LogP contribution in [0.5, 0.6) is 0 Å². The molecule has 94 valence electrons. The van der Waals surface area contributed by atoms with Crippen molar-refractivity contribution < 1.29 is 0 Å². The van der Waals surface area contributed by atoms with Crippen molar-refractivity contribution in [2.45, 2.75) is 38.0 Å². The van der Waals surface area contributed by atoms with E-state index in [9.17, 15) is 0 Å². The van der Waals surface area contributed by atoms with E-state index in [1.807, 2.05) is 13.1 Å². The van der Waals surface area contributed by atoms with Gasteiger partial charge in [-0.05, 0) is 62.4 Å². The third-order valence-electron chi connectivity index (χ3n) is 3.95. The van der Waals surface area contributed by atoms with Crippen LogP contribution in [0.1, 0.15) is 43.6 Å². The first-order valence-electron chi connectivity index (χ1n) is 6.71. The molecule has 0 aromatic heterocycles. The Labute approximate surface area is 110 Å². The molecule has 1 aromatic carbocycles. The van der Waals surface area contributed by atoms with E-state index in [0.29, 0.717) is 5.92 Å². The molecule has 0 bridgehead atoms. The van der Waals surface area contributed by atoms with E-state index in [0.717, 1.165) is 17.5 Å². The Bertz CT molecular complexity index is 345. The van der Waals surface area contributed by atoms with Crippen LogP contribution in [0.2, 0.25) is 5.02 Å². The third-order valence-corrected chi connectivity index (χ3v) is 4.19. The highest BCUT2D eigenvalue weighted by molar-refractivity contribution is 6.30. The number of halogens is 1. The molecule has 2 heteroatoms. The smallest absolute Gasteiger partial charge is 0.0408 e. The molecule has 1 saturated carbocycles. The summed E-state index contributed by atoms with van der Waals surface area (Å²) in [6.07, 6.45) is 6.81. The summed E-state index contributed by atoms with van der Waals surface area (Å²) in [4.78, 5) is 0.